The van der Waals surface area contributed by atoms with Gasteiger partial charge in [0.05, 0.1) is 0 Å². The molecule has 1 aliphatic rings. The summed E-state index contributed by atoms with van der Waals surface area (Å²) in [6.45, 7) is 0. The van der Waals surface area contributed by atoms with Crippen LogP contribution in [0.3, 0.4) is 0 Å². The molecule has 5 nitrogen and oxygen atoms in total. The second-order valence-corrected chi connectivity index (χ2v) is 9.55. The van der Waals surface area contributed by atoms with E-state index in [1.807, 2.05) is 6.07 Å². The van der Waals surface area contributed by atoms with Crippen LogP contribution in [0.1, 0.15) is 47.1 Å². The Morgan fingerprint density at radius 3 is 2.73 bits per heavy atom. The maximum atomic E-state index is 12.7. The van der Waals surface area contributed by atoms with Gasteiger partial charge < -0.3 is 0 Å². The van der Waals surface area contributed by atoms with E-state index in [2.05, 4.69) is 20.7 Å². The molecule has 1 saturated carbocycles. The Morgan fingerprint density at radius 1 is 1.31 bits per heavy atom. The number of carbonyl (C=O) groups is 1. The summed E-state index contributed by atoms with van der Waals surface area (Å²) in [5.74, 6) is -0.778. The first-order valence-electron chi connectivity index (χ1n) is 8.44. The fourth-order valence-electron chi connectivity index (χ4n) is 3.63. The van der Waals surface area contributed by atoms with Crippen LogP contribution in [-0.2, 0) is 10.3 Å². The fraction of sp³-hybridized carbons (Fsp3) is 0.368. The van der Waals surface area contributed by atoms with Crippen LogP contribution in [0.5, 0.6) is 0 Å². The molecule has 0 bridgehead atoms. The van der Waals surface area contributed by atoms with Gasteiger partial charge in [0.1, 0.15) is 0 Å². The van der Waals surface area contributed by atoms with Gasteiger partial charge in [-0.05, 0) is 0 Å². The molecule has 0 saturated heterocycles. The van der Waals surface area contributed by atoms with E-state index in [9.17, 15) is 14.7 Å². The van der Waals surface area contributed by atoms with Crippen molar-refractivity contribution in [2.45, 2.75) is 37.7 Å². The summed E-state index contributed by atoms with van der Waals surface area (Å²) >= 11 is 3.48. The number of aliphatic hydroxyl groups is 1. The molecule has 3 aromatic rings. The van der Waals surface area contributed by atoms with Gasteiger partial charge in [-0.2, -0.15) is 0 Å². The summed E-state index contributed by atoms with van der Waals surface area (Å²) in [7, 11) is 1.25. The third-order valence-corrected chi connectivity index (χ3v) is 9.36. The topological polar surface area (TPSA) is 76.7 Å². The average Bonchev–Trinajstić information content (AvgIpc) is 2.99. The SMILES string of the molecule is COC(=O)c1cc(=O)c2c(ccc3c(Br)c(C4(O)CCCCC4)[se]c32)o1. The third kappa shape index (κ3) is 2.78. The van der Waals surface area contributed by atoms with Crippen molar-refractivity contribution in [2.75, 3.05) is 7.11 Å². The fourth-order valence-corrected chi connectivity index (χ4v) is 7.95. The third-order valence-electron chi connectivity index (χ3n) is 4.98. The summed E-state index contributed by atoms with van der Waals surface area (Å²) < 4.78 is 13.0. The predicted molar refractivity (Wildman–Crippen MR) is 103 cm³/mol. The van der Waals surface area contributed by atoms with E-state index in [-0.39, 0.29) is 25.7 Å². The molecule has 1 N–H and O–H groups in total. The molecular weight excluding hydrogens is 467 g/mol. The molecule has 26 heavy (non-hydrogen) atoms. The number of benzene rings is 1. The molecule has 0 atom stereocenters. The second-order valence-electron chi connectivity index (χ2n) is 6.62. The molecule has 2 heterocycles. The van der Waals surface area contributed by atoms with Gasteiger partial charge in [-0.1, -0.05) is 0 Å². The molecule has 2 aromatic heterocycles. The Kier molecular flexibility index (Phi) is 4.59. The van der Waals surface area contributed by atoms with Crippen LogP contribution in [-0.4, -0.2) is 32.7 Å². The van der Waals surface area contributed by atoms with Crippen molar-refractivity contribution in [3.8, 4) is 0 Å². The number of halogens is 1. The van der Waals surface area contributed by atoms with Crippen LogP contribution < -0.4 is 5.43 Å². The number of esters is 1. The van der Waals surface area contributed by atoms with Gasteiger partial charge >= 0.3 is 164 Å². The minimum atomic E-state index is -0.797. The Bertz CT molecular complexity index is 1070. The molecule has 1 aromatic carbocycles. The standard InChI is InChI=1S/C19H17BrO5Se/c1-24-18(22)13-9-11(21)14-12(25-13)6-5-10-15(20)17(26-16(10)14)19(23)7-3-2-4-8-19/h5-6,9,23H,2-4,7-8H2,1H3. The summed E-state index contributed by atoms with van der Waals surface area (Å²) in [6, 6.07) is 4.77. The monoisotopic (exact) mass is 484 g/mol. The normalized spacial score (nSPS) is 16.9. The van der Waals surface area contributed by atoms with Crippen LogP contribution in [0, 0.1) is 0 Å². The molecule has 0 unspecified atom stereocenters. The van der Waals surface area contributed by atoms with E-state index in [0.717, 1.165) is 50.7 Å². The van der Waals surface area contributed by atoms with Gasteiger partial charge in [-0.15, -0.1) is 0 Å². The van der Waals surface area contributed by atoms with Crippen LogP contribution in [0.25, 0.3) is 20.6 Å². The number of carbonyl (C=O) groups excluding carboxylic acids is 1. The van der Waals surface area contributed by atoms with E-state index in [1.165, 1.54) is 13.2 Å². The van der Waals surface area contributed by atoms with E-state index >= 15 is 0 Å². The second kappa shape index (κ2) is 6.64. The van der Waals surface area contributed by atoms with E-state index in [1.54, 1.807) is 6.07 Å². The first-order valence-corrected chi connectivity index (χ1v) is 11.0. The summed E-state index contributed by atoms with van der Waals surface area (Å²) in [5.41, 5.74) is -0.688. The number of hydrogen-bond donors (Lipinski definition) is 1. The van der Waals surface area contributed by atoms with Gasteiger partial charge in [-0.25, -0.2) is 0 Å². The van der Waals surface area contributed by atoms with Crippen LogP contribution in [0.4, 0.5) is 0 Å². The minimum absolute atomic E-state index is 0.103. The number of rotatable bonds is 2. The van der Waals surface area contributed by atoms with Gasteiger partial charge in [0, 0.05) is 0 Å². The first kappa shape index (κ1) is 18.0. The number of fused-ring (bicyclic) bond motifs is 3. The summed E-state index contributed by atoms with van der Waals surface area (Å²) in [6.07, 6.45) is 4.69. The molecular formula is C19H17BrO5Se. The van der Waals surface area contributed by atoms with Crippen LogP contribution >= 0.6 is 15.9 Å². The van der Waals surface area contributed by atoms with Crippen molar-refractivity contribution in [1.29, 1.82) is 0 Å². The van der Waals surface area contributed by atoms with E-state index in [4.69, 9.17) is 4.42 Å². The Balaban J connectivity index is 1.97. The van der Waals surface area contributed by atoms with Crippen LogP contribution in [0.15, 0.2) is 31.9 Å². The van der Waals surface area contributed by atoms with Crippen molar-refractivity contribution < 1.29 is 19.1 Å². The van der Waals surface area contributed by atoms with Gasteiger partial charge in [0.25, 0.3) is 0 Å². The van der Waals surface area contributed by atoms with Crippen molar-refractivity contribution >= 4 is 57.0 Å². The van der Waals surface area contributed by atoms with Crippen molar-refractivity contribution in [3.05, 3.63) is 43.1 Å². The molecule has 0 aliphatic heterocycles. The molecule has 7 heteroatoms. The Labute approximate surface area is 163 Å². The zero-order valence-corrected chi connectivity index (χ0v) is 17.4. The van der Waals surface area contributed by atoms with E-state index < -0.39 is 11.6 Å². The van der Waals surface area contributed by atoms with Crippen molar-refractivity contribution in [3.63, 3.8) is 0 Å². The molecule has 0 spiro atoms. The number of hydrogen-bond acceptors (Lipinski definition) is 5. The van der Waals surface area contributed by atoms with Crippen LogP contribution in [0.2, 0.25) is 0 Å². The van der Waals surface area contributed by atoms with E-state index in [0.29, 0.717) is 11.0 Å². The molecule has 136 valence electrons. The predicted octanol–water partition coefficient (Wildman–Crippen LogP) is 3.70. The van der Waals surface area contributed by atoms with Crippen molar-refractivity contribution in [1.82, 2.24) is 0 Å². The first-order chi connectivity index (χ1) is 12.4. The Hall–Kier alpha value is -1.40. The molecule has 4 rings (SSSR count). The average molecular weight is 484 g/mol. The van der Waals surface area contributed by atoms with Gasteiger partial charge in [-0.3, -0.25) is 0 Å². The zero-order chi connectivity index (χ0) is 18.5. The van der Waals surface area contributed by atoms with Gasteiger partial charge in [0.15, 0.2) is 0 Å². The zero-order valence-electron chi connectivity index (χ0n) is 14.1. The summed E-state index contributed by atoms with van der Waals surface area (Å²) in [5, 5.41) is 12.6. The summed E-state index contributed by atoms with van der Waals surface area (Å²) in [4.78, 5) is 24.4. The quantitative estimate of drug-likeness (QED) is 0.444. The van der Waals surface area contributed by atoms with Crippen molar-refractivity contribution in [2.24, 2.45) is 0 Å². The molecule has 1 fully saturated rings. The number of ether oxygens (including phenoxy) is 1. The Morgan fingerprint density at radius 2 is 2.04 bits per heavy atom. The molecule has 1 aliphatic carbocycles. The maximum absolute atomic E-state index is 12.7. The molecule has 0 radical (unpaired) electrons. The van der Waals surface area contributed by atoms with Gasteiger partial charge in [0.2, 0.25) is 0 Å². The number of methoxy groups -OCH3 is 1. The molecule has 0 amide bonds.